The molecule has 0 aliphatic carbocycles. The highest BCUT2D eigenvalue weighted by Crippen LogP contribution is 2.32. The summed E-state index contributed by atoms with van der Waals surface area (Å²) in [6.45, 7) is 4.68. The smallest absolute Gasteiger partial charge is 0.147 e. The van der Waals surface area contributed by atoms with E-state index in [4.69, 9.17) is 17.3 Å². The van der Waals surface area contributed by atoms with E-state index in [1.54, 1.807) is 6.33 Å². The van der Waals surface area contributed by atoms with Crippen molar-refractivity contribution in [1.82, 2.24) is 19.7 Å². The molecule has 2 heterocycles. The third kappa shape index (κ3) is 2.81. The standard InChI is InChI=1S/C15H20ClN5/c1-2-13(17)15(11-5-3-4-6-12(11)16)20-7-8-21-10-18-19-14(21)9-20/h3-6,10,13,15H,2,7-9,17H2,1H3. The number of hydrogen-bond donors (Lipinski definition) is 1. The van der Waals surface area contributed by atoms with E-state index >= 15 is 0 Å². The maximum Gasteiger partial charge on any atom is 0.147 e. The van der Waals surface area contributed by atoms with E-state index in [1.165, 1.54) is 0 Å². The van der Waals surface area contributed by atoms with E-state index in [9.17, 15) is 0 Å². The number of fused-ring (bicyclic) bond motifs is 1. The lowest BCUT2D eigenvalue weighted by molar-refractivity contribution is 0.130. The van der Waals surface area contributed by atoms with Gasteiger partial charge in [0.15, 0.2) is 0 Å². The average molecular weight is 306 g/mol. The molecule has 0 spiro atoms. The van der Waals surface area contributed by atoms with Crippen molar-refractivity contribution in [3.05, 3.63) is 47.0 Å². The molecule has 0 saturated carbocycles. The number of rotatable bonds is 4. The molecule has 0 amide bonds. The van der Waals surface area contributed by atoms with Gasteiger partial charge in [-0.2, -0.15) is 0 Å². The molecule has 0 radical (unpaired) electrons. The third-order valence-corrected chi connectivity index (χ3v) is 4.51. The van der Waals surface area contributed by atoms with Gasteiger partial charge in [-0.25, -0.2) is 0 Å². The highest BCUT2D eigenvalue weighted by molar-refractivity contribution is 6.31. The Balaban J connectivity index is 1.92. The number of aromatic nitrogens is 3. The van der Waals surface area contributed by atoms with Crippen LogP contribution in [0.1, 0.15) is 30.8 Å². The summed E-state index contributed by atoms with van der Waals surface area (Å²) in [5, 5.41) is 8.95. The molecular weight excluding hydrogens is 286 g/mol. The van der Waals surface area contributed by atoms with Gasteiger partial charge in [0.05, 0.1) is 12.6 Å². The molecule has 3 rings (SSSR count). The number of hydrogen-bond acceptors (Lipinski definition) is 4. The minimum atomic E-state index is 0.0411. The molecule has 6 heteroatoms. The minimum absolute atomic E-state index is 0.0411. The summed E-state index contributed by atoms with van der Waals surface area (Å²) in [5.41, 5.74) is 7.50. The van der Waals surface area contributed by atoms with Gasteiger partial charge < -0.3 is 10.3 Å². The maximum atomic E-state index is 6.40. The van der Waals surface area contributed by atoms with Crippen molar-refractivity contribution >= 4 is 11.6 Å². The van der Waals surface area contributed by atoms with Crippen molar-refractivity contribution in [2.75, 3.05) is 6.54 Å². The van der Waals surface area contributed by atoms with Crippen molar-refractivity contribution in [2.24, 2.45) is 5.73 Å². The Morgan fingerprint density at radius 3 is 2.90 bits per heavy atom. The summed E-state index contributed by atoms with van der Waals surface area (Å²) in [6.07, 6.45) is 2.69. The van der Waals surface area contributed by atoms with Gasteiger partial charge in [-0.3, -0.25) is 4.90 Å². The Hall–Kier alpha value is -1.43. The number of nitrogens with two attached hydrogens (primary N) is 1. The Labute approximate surface area is 129 Å². The zero-order valence-corrected chi connectivity index (χ0v) is 12.9. The summed E-state index contributed by atoms with van der Waals surface area (Å²) < 4.78 is 2.09. The van der Waals surface area contributed by atoms with Crippen molar-refractivity contribution in [1.29, 1.82) is 0 Å². The predicted molar refractivity (Wildman–Crippen MR) is 82.9 cm³/mol. The molecule has 2 atom stereocenters. The second-order valence-electron chi connectivity index (χ2n) is 5.45. The summed E-state index contributed by atoms with van der Waals surface area (Å²) in [7, 11) is 0. The fourth-order valence-corrected chi connectivity index (χ4v) is 3.21. The lowest BCUT2D eigenvalue weighted by Gasteiger charge is -2.38. The van der Waals surface area contributed by atoms with Gasteiger partial charge in [0.25, 0.3) is 0 Å². The lowest BCUT2D eigenvalue weighted by Crippen LogP contribution is -2.44. The molecule has 5 nitrogen and oxygen atoms in total. The molecular formula is C15H20ClN5. The molecule has 2 aromatic rings. The Bertz CT molecular complexity index is 612. The predicted octanol–water partition coefficient (Wildman–Crippen LogP) is 2.23. The average Bonchev–Trinajstić information content (AvgIpc) is 2.97. The SMILES string of the molecule is CCC(N)C(c1ccccc1Cl)N1CCn2cnnc2C1. The molecule has 1 aliphatic heterocycles. The van der Waals surface area contributed by atoms with Gasteiger partial charge in [0.2, 0.25) is 0 Å². The number of halogens is 1. The molecule has 0 fully saturated rings. The Morgan fingerprint density at radius 1 is 1.33 bits per heavy atom. The molecule has 21 heavy (non-hydrogen) atoms. The molecule has 1 aliphatic rings. The first-order chi connectivity index (χ1) is 10.2. The maximum absolute atomic E-state index is 6.40. The number of nitrogens with zero attached hydrogens (tertiary/aromatic N) is 4. The van der Waals surface area contributed by atoms with Gasteiger partial charge in [0.1, 0.15) is 12.2 Å². The molecule has 2 N–H and O–H groups in total. The van der Waals surface area contributed by atoms with Crippen molar-refractivity contribution in [3.63, 3.8) is 0 Å². The van der Waals surface area contributed by atoms with Crippen LogP contribution in [-0.4, -0.2) is 32.3 Å². The summed E-state index contributed by atoms with van der Waals surface area (Å²) in [4.78, 5) is 2.36. The van der Waals surface area contributed by atoms with Gasteiger partial charge in [-0.15, -0.1) is 10.2 Å². The molecule has 1 aromatic carbocycles. The third-order valence-electron chi connectivity index (χ3n) is 4.16. The van der Waals surface area contributed by atoms with Gasteiger partial charge in [-0.1, -0.05) is 36.7 Å². The molecule has 1 aromatic heterocycles. The van der Waals surface area contributed by atoms with Crippen LogP contribution in [0, 0.1) is 0 Å². The monoisotopic (exact) mass is 305 g/mol. The van der Waals surface area contributed by atoms with Crippen molar-refractivity contribution < 1.29 is 0 Å². The first kappa shape index (κ1) is 14.5. The van der Waals surface area contributed by atoms with Crippen LogP contribution in [0.2, 0.25) is 5.02 Å². The van der Waals surface area contributed by atoms with Gasteiger partial charge in [-0.05, 0) is 18.1 Å². The fourth-order valence-electron chi connectivity index (χ4n) is 2.96. The topological polar surface area (TPSA) is 60.0 Å². The van der Waals surface area contributed by atoms with Crippen molar-refractivity contribution in [3.8, 4) is 0 Å². The summed E-state index contributed by atoms with van der Waals surface area (Å²) >= 11 is 6.40. The van der Waals surface area contributed by atoms with E-state index < -0.39 is 0 Å². The first-order valence-corrected chi connectivity index (χ1v) is 7.69. The van der Waals surface area contributed by atoms with Crippen LogP contribution >= 0.6 is 11.6 Å². The Morgan fingerprint density at radius 2 is 2.14 bits per heavy atom. The van der Waals surface area contributed by atoms with E-state index in [1.807, 2.05) is 18.2 Å². The normalized spacial score (nSPS) is 18.2. The van der Waals surface area contributed by atoms with Crippen LogP contribution in [0.25, 0.3) is 0 Å². The second-order valence-corrected chi connectivity index (χ2v) is 5.86. The van der Waals surface area contributed by atoms with Crippen LogP contribution in [0.5, 0.6) is 0 Å². The van der Waals surface area contributed by atoms with E-state index in [2.05, 4.69) is 32.7 Å². The highest BCUT2D eigenvalue weighted by Gasteiger charge is 2.30. The highest BCUT2D eigenvalue weighted by atomic mass is 35.5. The Kier molecular flexibility index (Phi) is 4.24. The van der Waals surface area contributed by atoms with Crippen LogP contribution in [0.3, 0.4) is 0 Å². The number of benzene rings is 1. The van der Waals surface area contributed by atoms with E-state index in [-0.39, 0.29) is 12.1 Å². The quantitative estimate of drug-likeness (QED) is 0.941. The summed E-state index contributed by atoms with van der Waals surface area (Å²) in [5.74, 6) is 0.988. The summed E-state index contributed by atoms with van der Waals surface area (Å²) in [6, 6.07) is 8.12. The van der Waals surface area contributed by atoms with Crippen LogP contribution in [0.4, 0.5) is 0 Å². The van der Waals surface area contributed by atoms with Gasteiger partial charge >= 0.3 is 0 Å². The van der Waals surface area contributed by atoms with Crippen LogP contribution in [-0.2, 0) is 13.1 Å². The molecule has 112 valence electrons. The van der Waals surface area contributed by atoms with Crippen LogP contribution in [0.15, 0.2) is 30.6 Å². The molecule has 0 saturated heterocycles. The largest absolute Gasteiger partial charge is 0.326 e. The van der Waals surface area contributed by atoms with E-state index in [0.29, 0.717) is 0 Å². The first-order valence-electron chi connectivity index (χ1n) is 7.31. The second kappa shape index (κ2) is 6.13. The molecule has 0 bridgehead atoms. The zero-order chi connectivity index (χ0) is 14.8. The fraction of sp³-hybridized carbons (Fsp3) is 0.467. The van der Waals surface area contributed by atoms with E-state index in [0.717, 1.165) is 42.5 Å². The zero-order valence-electron chi connectivity index (χ0n) is 12.1. The molecule has 2 unspecified atom stereocenters. The van der Waals surface area contributed by atoms with Crippen molar-refractivity contribution in [2.45, 2.75) is 38.5 Å². The van der Waals surface area contributed by atoms with Crippen LogP contribution < -0.4 is 5.73 Å². The van der Waals surface area contributed by atoms with Gasteiger partial charge in [0, 0.05) is 24.2 Å². The minimum Gasteiger partial charge on any atom is -0.326 e. The lowest BCUT2D eigenvalue weighted by atomic mass is 9.95.